The van der Waals surface area contributed by atoms with Crippen LogP contribution in [0.15, 0.2) is 54.1 Å². The van der Waals surface area contributed by atoms with Crippen LogP contribution in [0.2, 0.25) is 0 Å². The molecule has 1 saturated heterocycles. The standard InChI is InChI=1S/C27H27NO2/c1-3-26(29)28-18(2)16-24-23-7-5-4-6-22(23)17-25(24)27(28)21-10-8-19(9-11-21)20-12-14-30-15-13-20/h1,4-11,18,20,27H,12-17H2,2H3/t18-,27-/m0/s1. The van der Waals surface area contributed by atoms with E-state index in [4.69, 9.17) is 11.2 Å². The van der Waals surface area contributed by atoms with Crippen molar-refractivity contribution in [2.75, 3.05) is 13.2 Å². The number of hydrogen-bond donors (Lipinski definition) is 0. The Morgan fingerprint density at radius 1 is 1.07 bits per heavy atom. The summed E-state index contributed by atoms with van der Waals surface area (Å²) < 4.78 is 5.51. The molecule has 2 atom stereocenters. The maximum absolute atomic E-state index is 12.8. The lowest BCUT2D eigenvalue weighted by molar-refractivity contribution is -0.129. The van der Waals surface area contributed by atoms with Crippen molar-refractivity contribution in [3.8, 4) is 12.3 Å². The van der Waals surface area contributed by atoms with Crippen molar-refractivity contribution in [3.63, 3.8) is 0 Å². The van der Waals surface area contributed by atoms with Crippen LogP contribution in [0, 0.1) is 12.3 Å². The van der Waals surface area contributed by atoms with Crippen LogP contribution < -0.4 is 0 Å². The van der Waals surface area contributed by atoms with Crippen LogP contribution in [0.3, 0.4) is 0 Å². The van der Waals surface area contributed by atoms with Gasteiger partial charge in [-0.15, -0.1) is 6.42 Å². The van der Waals surface area contributed by atoms with Gasteiger partial charge in [-0.05, 0) is 77.8 Å². The van der Waals surface area contributed by atoms with Gasteiger partial charge < -0.3 is 9.64 Å². The van der Waals surface area contributed by atoms with Crippen molar-refractivity contribution >= 4 is 11.5 Å². The van der Waals surface area contributed by atoms with Gasteiger partial charge in [0, 0.05) is 19.3 Å². The Balaban J connectivity index is 1.55. The van der Waals surface area contributed by atoms with E-state index in [-0.39, 0.29) is 18.0 Å². The second-order valence-electron chi connectivity index (χ2n) is 8.70. The number of nitrogens with zero attached hydrogens (tertiary/aromatic N) is 1. The number of rotatable bonds is 2. The summed E-state index contributed by atoms with van der Waals surface area (Å²) in [5.41, 5.74) is 7.95. The number of amides is 1. The number of carbonyl (C=O) groups excluding carboxylic acids is 1. The van der Waals surface area contributed by atoms with Crippen LogP contribution in [0.5, 0.6) is 0 Å². The number of fused-ring (bicyclic) bond motifs is 2. The summed E-state index contributed by atoms with van der Waals surface area (Å²) in [4.78, 5) is 14.7. The minimum Gasteiger partial charge on any atom is -0.381 e. The molecular weight excluding hydrogens is 370 g/mol. The molecule has 2 aromatic carbocycles. The van der Waals surface area contributed by atoms with Crippen molar-refractivity contribution < 1.29 is 9.53 Å². The quantitative estimate of drug-likeness (QED) is 0.676. The molecule has 2 aromatic rings. The maximum atomic E-state index is 12.8. The molecule has 3 nitrogen and oxygen atoms in total. The minimum absolute atomic E-state index is 0.0682. The van der Waals surface area contributed by atoms with E-state index in [1.807, 2.05) is 4.90 Å². The molecular formula is C27H27NO2. The van der Waals surface area contributed by atoms with Gasteiger partial charge in [0.2, 0.25) is 0 Å². The second-order valence-corrected chi connectivity index (χ2v) is 8.70. The normalized spacial score (nSPS) is 23.7. The van der Waals surface area contributed by atoms with Gasteiger partial charge in [-0.1, -0.05) is 48.5 Å². The van der Waals surface area contributed by atoms with Gasteiger partial charge in [0.05, 0.1) is 6.04 Å². The molecule has 3 heteroatoms. The van der Waals surface area contributed by atoms with E-state index in [1.165, 1.54) is 27.8 Å². The Morgan fingerprint density at radius 3 is 2.50 bits per heavy atom. The molecule has 1 fully saturated rings. The third-order valence-electron chi connectivity index (χ3n) is 7.00. The zero-order valence-electron chi connectivity index (χ0n) is 17.4. The molecule has 1 amide bonds. The van der Waals surface area contributed by atoms with Crippen LogP contribution in [0.4, 0.5) is 0 Å². The Labute approximate surface area is 178 Å². The maximum Gasteiger partial charge on any atom is 0.299 e. The molecule has 0 aromatic heterocycles. The molecule has 5 rings (SSSR count). The van der Waals surface area contributed by atoms with Gasteiger partial charge in [-0.25, -0.2) is 0 Å². The molecule has 0 saturated carbocycles. The topological polar surface area (TPSA) is 29.5 Å². The van der Waals surface area contributed by atoms with Gasteiger partial charge in [0.25, 0.3) is 5.91 Å². The lowest BCUT2D eigenvalue weighted by Gasteiger charge is -2.41. The van der Waals surface area contributed by atoms with Crippen LogP contribution in [-0.2, 0) is 16.0 Å². The van der Waals surface area contributed by atoms with Gasteiger partial charge in [-0.3, -0.25) is 4.79 Å². The predicted molar refractivity (Wildman–Crippen MR) is 119 cm³/mol. The summed E-state index contributed by atoms with van der Waals surface area (Å²) in [6, 6.07) is 17.5. The first kappa shape index (κ1) is 19.2. The van der Waals surface area contributed by atoms with Crippen LogP contribution >= 0.6 is 0 Å². The molecule has 2 aliphatic heterocycles. The van der Waals surface area contributed by atoms with Crippen LogP contribution in [-0.4, -0.2) is 30.1 Å². The molecule has 0 bridgehead atoms. The average molecular weight is 398 g/mol. The molecule has 2 heterocycles. The Bertz CT molecular complexity index is 1040. The van der Waals surface area contributed by atoms with E-state index in [0.29, 0.717) is 5.92 Å². The second kappa shape index (κ2) is 7.78. The summed E-state index contributed by atoms with van der Waals surface area (Å²) in [7, 11) is 0. The smallest absolute Gasteiger partial charge is 0.299 e. The van der Waals surface area contributed by atoms with Gasteiger partial charge in [0.1, 0.15) is 0 Å². The van der Waals surface area contributed by atoms with Crippen molar-refractivity contribution in [3.05, 3.63) is 76.4 Å². The fourth-order valence-electron chi connectivity index (χ4n) is 5.51. The third-order valence-corrected chi connectivity index (χ3v) is 7.00. The first-order valence-corrected chi connectivity index (χ1v) is 10.9. The molecule has 152 valence electrons. The van der Waals surface area contributed by atoms with Crippen LogP contribution in [0.1, 0.15) is 60.4 Å². The highest BCUT2D eigenvalue weighted by atomic mass is 16.5. The fraction of sp³-hybridized carbons (Fsp3) is 0.370. The van der Waals surface area contributed by atoms with E-state index >= 15 is 0 Å². The fourth-order valence-corrected chi connectivity index (χ4v) is 5.51. The number of terminal acetylenes is 1. The molecule has 0 N–H and O–H groups in total. The van der Waals surface area contributed by atoms with Crippen molar-refractivity contribution in [2.24, 2.45) is 0 Å². The lowest BCUT2D eigenvalue weighted by atomic mass is 9.84. The van der Waals surface area contributed by atoms with Crippen LogP contribution in [0.25, 0.3) is 5.57 Å². The van der Waals surface area contributed by atoms with E-state index in [0.717, 1.165) is 44.5 Å². The largest absolute Gasteiger partial charge is 0.381 e. The first-order chi connectivity index (χ1) is 14.7. The van der Waals surface area contributed by atoms with E-state index in [2.05, 4.69) is 61.4 Å². The minimum atomic E-state index is -0.219. The van der Waals surface area contributed by atoms with Gasteiger partial charge in [-0.2, -0.15) is 0 Å². The zero-order chi connectivity index (χ0) is 20.7. The van der Waals surface area contributed by atoms with Crippen molar-refractivity contribution in [1.82, 2.24) is 4.90 Å². The molecule has 30 heavy (non-hydrogen) atoms. The number of ether oxygens (including phenoxy) is 1. The molecule has 0 unspecified atom stereocenters. The summed E-state index contributed by atoms with van der Waals surface area (Å²) in [6.07, 6.45) is 9.48. The Kier molecular flexibility index (Phi) is 4.97. The zero-order valence-corrected chi connectivity index (χ0v) is 17.4. The van der Waals surface area contributed by atoms with Crippen molar-refractivity contribution in [2.45, 2.75) is 50.6 Å². The predicted octanol–water partition coefficient (Wildman–Crippen LogP) is 4.89. The SMILES string of the molecule is C#CC(=O)N1[C@@H](c2ccc(C3CCOCC3)cc2)C2=C(C[C@@H]1C)c1ccccc1C2. The summed E-state index contributed by atoms with van der Waals surface area (Å²) in [5.74, 6) is 2.72. The number of benzene rings is 2. The summed E-state index contributed by atoms with van der Waals surface area (Å²) in [6.45, 7) is 3.79. The molecule has 0 spiro atoms. The highest BCUT2D eigenvalue weighted by Gasteiger charge is 2.40. The Hall–Kier alpha value is -2.83. The van der Waals surface area contributed by atoms with E-state index in [1.54, 1.807) is 0 Å². The summed E-state index contributed by atoms with van der Waals surface area (Å²) >= 11 is 0. The molecule has 3 aliphatic rings. The Morgan fingerprint density at radius 2 is 1.77 bits per heavy atom. The van der Waals surface area contributed by atoms with Gasteiger partial charge in [0.15, 0.2) is 0 Å². The highest BCUT2D eigenvalue weighted by molar-refractivity contribution is 5.95. The van der Waals surface area contributed by atoms with Gasteiger partial charge >= 0.3 is 0 Å². The number of carbonyl (C=O) groups is 1. The monoisotopic (exact) mass is 397 g/mol. The average Bonchev–Trinajstić information content (AvgIpc) is 3.16. The number of hydrogen-bond acceptors (Lipinski definition) is 2. The van der Waals surface area contributed by atoms with E-state index in [9.17, 15) is 4.79 Å². The lowest BCUT2D eigenvalue weighted by Crippen LogP contribution is -2.44. The van der Waals surface area contributed by atoms with Crippen molar-refractivity contribution in [1.29, 1.82) is 0 Å². The third kappa shape index (κ3) is 3.16. The molecule has 1 aliphatic carbocycles. The molecule has 0 radical (unpaired) electrons. The highest BCUT2D eigenvalue weighted by Crippen LogP contribution is 2.48. The first-order valence-electron chi connectivity index (χ1n) is 10.9. The van der Waals surface area contributed by atoms with E-state index < -0.39 is 0 Å². The summed E-state index contributed by atoms with van der Waals surface area (Å²) in [5, 5.41) is 0.